The number of aromatic nitrogens is 2. The van der Waals surface area contributed by atoms with Gasteiger partial charge in [-0.25, -0.2) is 0 Å². The summed E-state index contributed by atoms with van der Waals surface area (Å²) in [6.45, 7) is 8.07. The molecule has 0 aliphatic heterocycles. The van der Waals surface area contributed by atoms with Crippen molar-refractivity contribution in [3.8, 4) is 22.5 Å². The van der Waals surface area contributed by atoms with E-state index in [-0.39, 0.29) is 43.5 Å². The number of rotatable bonds is 13. The Bertz CT molecular complexity index is 2030. The number of nitrogens with zero attached hydrogens (tertiary/aromatic N) is 2. The van der Waals surface area contributed by atoms with Crippen LogP contribution in [0.3, 0.4) is 0 Å². The number of carbonyl (C=O) groups is 1. The molecule has 265 valence electrons. The third-order valence-corrected chi connectivity index (χ3v) is 9.52. The first-order valence-corrected chi connectivity index (χ1v) is 18.1. The minimum atomic E-state index is 0. The zero-order chi connectivity index (χ0) is 35.3. The summed E-state index contributed by atoms with van der Waals surface area (Å²) in [7, 11) is 0. The summed E-state index contributed by atoms with van der Waals surface area (Å²) in [5.41, 5.74) is 6.27. The first-order chi connectivity index (χ1) is 24.4. The third-order valence-electron chi connectivity index (χ3n) is 9.52. The monoisotopic (exact) mass is 853 g/mol. The van der Waals surface area contributed by atoms with Gasteiger partial charge in [-0.3, -0.25) is 4.79 Å². The van der Waals surface area contributed by atoms with Crippen LogP contribution in [0.5, 0.6) is 0 Å². The summed E-state index contributed by atoms with van der Waals surface area (Å²) >= 11 is 0. The quantitative estimate of drug-likeness (QED) is 0.0714. The topological polar surface area (TPSA) is 63.1 Å². The number of benzene rings is 4. The van der Waals surface area contributed by atoms with E-state index in [1.807, 2.05) is 52.0 Å². The van der Waals surface area contributed by atoms with E-state index < -0.39 is 0 Å². The molecule has 4 aromatic carbocycles. The molecule has 0 unspecified atom stereocenters. The van der Waals surface area contributed by atoms with Crippen LogP contribution in [0.15, 0.2) is 121 Å². The van der Waals surface area contributed by atoms with Crippen molar-refractivity contribution in [2.75, 3.05) is 0 Å². The number of allylic oxidation sites excluding steroid dienone is 2. The second-order valence-electron chi connectivity index (χ2n) is 12.8. The van der Waals surface area contributed by atoms with Crippen molar-refractivity contribution < 1.29 is 30.0 Å². The average molecular weight is 853 g/mol. The van der Waals surface area contributed by atoms with Gasteiger partial charge < -0.3 is 15.1 Å². The molecule has 4 nitrogen and oxygen atoms in total. The molecule has 5 heteroatoms. The molecule has 1 radical (unpaired) electrons. The summed E-state index contributed by atoms with van der Waals surface area (Å²) in [5.74, 6) is 0.547. The molecule has 2 heterocycles. The smallest absolute Gasteiger partial charge is 0.162 e. The van der Waals surface area contributed by atoms with E-state index in [2.05, 4.69) is 97.1 Å². The van der Waals surface area contributed by atoms with Crippen molar-refractivity contribution in [2.45, 2.75) is 72.6 Å². The fraction of sp³-hybridized carbons (Fsp3) is 0.283. The van der Waals surface area contributed by atoms with Gasteiger partial charge in [0.25, 0.3) is 0 Å². The van der Waals surface area contributed by atoms with Gasteiger partial charge in [-0.2, -0.15) is 0 Å². The van der Waals surface area contributed by atoms with Gasteiger partial charge in [-0.15, -0.1) is 65.0 Å². The molecule has 0 fully saturated rings. The van der Waals surface area contributed by atoms with Gasteiger partial charge in [0.05, 0.1) is 5.76 Å². The van der Waals surface area contributed by atoms with Crippen molar-refractivity contribution >= 4 is 27.3 Å². The van der Waals surface area contributed by atoms with Crippen LogP contribution in [0.4, 0.5) is 0 Å². The van der Waals surface area contributed by atoms with Crippen molar-refractivity contribution in [3.05, 3.63) is 145 Å². The first-order valence-electron chi connectivity index (χ1n) is 18.1. The molecule has 0 amide bonds. The first kappa shape index (κ1) is 39.3. The van der Waals surface area contributed by atoms with Crippen LogP contribution in [-0.4, -0.2) is 20.9 Å². The van der Waals surface area contributed by atoms with Gasteiger partial charge in [-0.05, 0) is 67.8 Å². The second kappa shape index (κ2) is 19.8. The molecule has 51 heavy (non-hydrogen) atoms. The van der Waals surface area contributed by atoms with E-state index >= 15 is 0 Å². The van der Waals surface area contributed by atoms with Crippen LogP contribution in [0.2, 0.25) is 0 Å². The number of aliphatic hydroxyl groups is 1. The summed E-state index contributed by atoms with van der Waals surface area (Å²) in [6.07, 6.45) is 7.68. The normalized spacial score (nSPS) is 11.4. The Kier molecular flexibility index (Phi) is 15.3. The Hall–Kier alpha value is -4.44. The summed E-state index contributed by atoms with van der Waals surface area (Å²) in [5, 5.41) is 14.6. The van der Waals surface area contributed by atoms with Gasteiger partial charge in [0.1, 0.15) is 0 Å². The predicted molar refractivity (Wildman–Crippen MR) is 208 cm³/mol. The predicted octanol–water partition coefficient (Wildman–Crippen LogP) is 11.8. The standard InChI is InChI=1S/C33H24N2.C13H24O2.Ir/c1-2-12-25(13-3-1)31-21-9-16-27(34-31)17-10-22-32-29-19-7-5-14-26(29)23-33(35-32)30-20-8-15-24-11-4-6-18-28(24)30;1-5-10(6-2)12(14)9-13(15)11(7-3)8-4;/h1-9,11-12,14-16,18-19,21,23H,10,17,22H2;9-11,14H,5-8H2,1-4H3;/q-2;;/b;12-9-;. The van der Waals surface area contributed by atoms with E-state index in [0.717, 1.165) is 78.8 Å². The number of fused-ring (bicyclic) bond motifs is 2. The number of aliphatic hydroxyl groups excluding tert-OH is 1. The summed E-state index contributed by atoms with van der Waals surface area (Å²) in [4.78, 5) is 21.8. The Morgan fingerprint density at radius 2 is 1.37 bits per heavy atom. The summed E-state index contributed by atoms with van der Waals surface area (Å²) < 4.78 is 0. The van der Waals surface area contributed by atoms with E-state index in [9.17, 15) is 9.90 Å². The molecule has 0 spiro atoms. The SMILES string of the molecule is CCC(CC)C(=O)/C=C(\O)C(CC)CC.[Ir].[c-]1ccccc1-c1cccc(CCCc2nc(-c3[c-]ccc4ccccc34)cc3ccccc23)n1. The van der Waals surface area contributed by atoms with Crippen molar-refractivity contribution in [1.82, 2.24) is 9.97 Å². The number of hydrogen-bond acceptors (Lipinski definition) is 4. The number of hydrogen-bond donors (Lipinski definition) is 1. The fourth-order valence-electron chi connectivity index (χ4n) is 6.50. The van der Waals surface area contributed by atoms with E-state index in [1.54, 1.807) is 0 Å². The minimum absolute atomic E-state index is 0. The maximum Gasteiger partial charge on any atom is 0.162 e. The number of carbonyl (C=O) groups excluding carboxylic acids is 1. The van der Waals surface area contributed by atoms with Gasteiger partial charge in [-0.1, -0.05) is 99.8 Å². The second-order valence-corrected chi connectivity index (χ2v) is 12.8. The van der Waals surface area contributed by atoms with Crippen molar-refractivity contribution in [2.24, 2.45) is 11.8 Å². The van der Waals surface area contributed by atoms with Crippen LogP contribution in [0.25, 0.3) is 44.1 Å². The Balaban J connectivity index is 0.000000312. The number of ketones is 1. The molecule has 1 N–H and O–H groups in total. The Morgan fingerprint density at radius 3 is 2.08 bits per heavy atom. The van der Waals surface area contributed by atoms with E-state index in [4.69, 9.17) is 9.97 Å². The van der Waals surface area contributed by atoms with Crippen molar-refractivity contribution in [3.63, 3.8) is 0 Å². The Morgan fingerprint density at radius 1 is 0.686 bits per heavy atom. The number of aryl methyl sites for hydroxylation is 2. The van der Waals surface area contributed by atoms with Crippen LogP contribution >= 0.6 is 0 Å². The zero-order valence-electron chi connectivity index (χ0n) is 30.2. The van der Waals surface area contributed by atoms with Crippen molar-refractivity contribution in [1.29, 1.82) is 0 Å². The molecule has 0 saturated heterocycles. The van der Waals surface area contributed by atoms with Crippen LogP contribution in [-0.2, 0) is 37.7 Å². The zero-order valence-corrected chi connectivity index (χ0v) is 32.6. The van der Waals surface area contributed by atoms with Crippen LogP contribution in [0.1, 0.15) is 71.2 Å². The largest absolute Gasteiger partial charge is 0.512 e. The molecule has 6 rings (SSSR count). The van der Waals surface area contributed by atoms with E-state index in [1.165, 1.54) is 27.6 Å². The maximum atomic E-state index is 11.7. The molecule has 0 atom stereocenters. The molecule has 2 aromatic heterocycles. The molecular formula is C46H48IrN2O2-2. The Labute approximate surface area is 317 Å². The molecule has 6 aromatic rings. The molecule has 0 saturated carbocycles. The molecular weight excluding hydrogens is 805 g/mol. The van der Waals surface area contributed by atoms with Crippen LogP contribution in [0, 0.1) is 24.0 Å². The average Bonchev–Trinajstić information content (AvgIpc) is 3.16. The third kappa shape index (κ3) is 10.3. The van der Waals surface area contributed by atoms with Crippen LogP contribution < -0.4 is 0 Å². The molecule has 0 aliphatic rings. The molecule has 0 aliphatic carbocycles. The van der Waals surface area contributed by atoms with Gasteiger partial charge in [0.2, 0.25) is 0 Å². The van der Waals surface area contributed by atoms with Gasteiger partial charge in [0, 0.05) is 54.8 Å². The maximum absolute atomic E-state index is 11.7. The summed E-state index contributed by atoms with van der Waals surface area (Å²) in [6, 6.07) is 44.3. The van der Waals surface area contributed by atoms with Gasteiger partial charge in [0.15, 0.2) is 5.78 Å². The number of pyridine rings is 2. The fourth-order valence-corrected chi connectivity index (χ4v) is 6.50. The van der Waals surface area contributed by atoms with Gasteiger partial charge >= 0.3 is 0 Å². The van der Waals surface area contributed by atoms with E-state index in [0.29, 0.717) is 0 Å². The molecule has 0 bridgehead atoms. The minimum Gasteiger partial charge on any atom is -0.512 e.